The predicted octanol–water partition coefficient (Wildman–Crippen LogP) is 2.56. The zero-order valence-electron chi connectivity index (χ0n) is 9.78. The van der Waals surface area contributed by atoms with Crippen LogP contribution in [0.4, 0.5) is 0 Å². The number of aromatic nitrogens is 1. The molecule has 1 heterocycles. The van der Waals surface area contributed by atoms with E-state index < -0.39 is 0 Å². The van der Waals surface area contributed by atoms with Crippen LogP contribution in [-0.2, 0) is 13.5 Å². The van der Waals surface area contributed by atoms with Gasteiger partial charge in [0.1, 0.15) is 5.75 Å². The molecule has 0 radical (unpaired) electrons. The lowest BCUT2D eigenvalue weighted by molar-refractivity contribution is 0.112. The van der Waals surface area contributed by atoms with Crippen molar-refractivity contribution in [3.05, 3.63) is 29.5 Å². The topological polar surface area (TPSA) is 31.2 Å². The number of hydrogen-bond acceptors (Lipinski definition) is 2. The van der Waals surface area contributed by atoms with E-state index in [0.717, 1.165) is 40.6 Å². The highest BCUT2D eigenvalue weighted by Crippen LogP contribution is 2.27. The van der Waals surface area contributed by atoms with Gasteiger partial charge >= 0.3 is 0 Å². The van der Waals surface area contributed by atoms with Crippen molar-refractivity contribution < 1.29 is 9.53 Å². The Bertz CT molecular complexity index is 540. The number of benzene rings is 1. The molecule has 0 atom stereocenters. The first kappa shape index (κ1) is 10.7. The van der Waals surface area contributed by atoms with Crippen LogP contribution in [0.1, 0.15) is 23.0 Å². The molecule has 0 unspecified atom stereocenters. The van der Waals surface area contributed by atoms with E-state index in [-0.39, 0.29) is 0 Å². The van der Waals surface area contributed by atoms with Gasteiger partial charge in [-0.1, -0.05) is 6.92 Å². The zero-order chi connectivity index (χ0) is 11.7. The average molecular weight is 217 g/mol. The van der Waals surface area contributed by atoms with Gasteiger partial charge in [0.05, 0.1) is 7.11 Å². The normalized spacial score (nSPS) is 10.7. The van der Waals surface area contributed by atoms with E-state index in [1.54, 1.807) is 7.11 Å². The molecular formula is C13H15NO2. The summed E-state index contributed by atoms with van der Waals surface area (Å²) in [5.41, 5.74) is 2.91. The van der Waals surface area contributed by atoms with Gasteiger partial charge in [0.15, 0.2) is 6.29 Å². The number of methoxy groups -OCH3 is 1. The SMILES string of the molecule is CCc1c(C=O)c2cc(OC)ccc2n1C. The number of aldehydes is 1. The molecule has 2 aromatic rings. The van der Waals surface area contributed by atoms with Gasteiger partial charge in [0.25, 0.3) is 0 Å². The summed E-state index contributed by atoms with van der Waals surface area (Å²) in [5, 5.41) is 0.966. The summed E-state index contributed by atoms with van der Waals surface area (Å²) in [7, 11) is 3.62. The van der Waals surface area contributed by atoms with Gasteiger partial charge in [-0.15, -0.1) is 0 Å². The van der Waals surface area contributed by atoms with Crippen LogP contribution in [0.5, 0.6) is 5.75 Å². The molecule has 1 aromatic carbocycles. The Kier molecular flexibility index (Phi) is 2.69. The summed E-state index contributed by atoms with van der Waals surface area (Å²) in [6.07, 6.45) is 1.78. The zero-order valence-corrected chi connectivity index (χ0v) is 9.78. The van der Waals surface area contributed by atoms with Gasteiger partial charge < -0.3 is 9.30 Å². The van der Waals surface area contributed by atoms with Crippen LogP contribution in [0.25, 0.3) is 10.9 Å². The summed E-state index contributed by atoms with van der Waals surface area (Å²) in [6, 6.07) is 5.81. The fourth-order valence-corrected chi connectivity index (χ4v) is 2.19. The third-order valence-electron chi connectivity index (χ3n) is 3.02. The van der Waals surface area contributed by atoms with Crippen LogP contribution >= 0.6 is 0 Å². The van der Waals surface area contributed by atoms with E-state index in [2.05, 4.69) is 11.5 Å². The van der Waals surface area contributed by atoms with Crippen LogP contribution in [0, 0.1) is 0 Å². The monoisotopic (exact) mass is 217 g/mol. The molecule has 2 rings (SSSR count). The van der Waals surface area contributed by atoms with E-state index in [4.69, 9.17) is 4.74 Å². The van der Waals surface area contributed by atoms with Crippen LogP contribution in [0.3, 0.4) is 0 Å². The highest BCUT2D eigenvalue weighted by Gasteiger charge is 2.13. The molecule has 16 heavy (non-hydrogen) atoms. The minimum Gasteiger partial charge on any atom is -0.497 e. The fourth-order valence-electron chi connectivity index (χ4n) is 2.19. The molecule has 0 aliphatic carbocycles. The number of hydrogen-bond donors (Lipinski definition) is 0. The lowest BCUT2D eigenvalue weighted by Gasteiger charge is -2.01. The minimum atomic E-state index is 0.777. The second-order valence-electron chi connectivity index (χ2n) is 3.77. The number of carbonyl (C=O) groups is 1. The van der Waals surface area contributed by atoms with Crippen molar-refractivity contribution >= 4 is 17.2 Å². The third-order valence-corrected chi connectivity index (χ3v) is 3.02. The summed E-state index contributed by atoms with van der Waals surface area (Å²) < 4.78 is 7.25. The molecule has 0 bridgehead atoms. The maximum atomic E-state index is 11.2. The minimum absolute atomic E-state index is 0.777. The van der Waals surface area contributed by atoms with Gasteiger partial charge in [-0.05, 0) is 24.6 Å². The molecule has 0 saturated heterocycles. The third kappa shape index (κ3) is 1.40. The Morgan fingerprint density at radius 1 is 1.44 bits per heavy atom. The average Bonchev–Trinajstić information content (AvgIpc) is 2.60. The number of carbonyl (C=O) groups excluding carboxylic acids is 1. The maximum absolute atomic E-state index is 11.2. The van der Waals surface area contributed by atoms with Crippen LogP contribution < -0.4 is 4.74 Å². The molecule has 3 heteroatoms. The first-order valence-electron chi connectivity index (χ1n) is 5.33. The molecule has 3 nitrogen and oxygen atoms in total. The first-order valence-corrected chi connectivity index (χ1v) is 5.33. The van der Waals surface area contributed by atoms with E-state index in [1.165, 1.54) is 0 Å². The highest BCUT2D eigenvalue weighted by atomic mass is 16.5. The molecule has 0 fully saturated rings. The lowest BCUT2D eigenvalue weighted by Crippen LogP contribution is -1.96. The lowest BCUT2D eigenvalue weighted by atomic mass is 10.1. The van der Waals surface area contributed by atoms with Crippen molar-refractivity contribution in [2.45, 2.75) is 13.3 Å². The summed E-state index contributed by atoms with van der Waals surface area (Å²) in [6.45, 7) is 2.05. The smallest absolute Gasteiger partial charge is 0.152 e. The number of ether oxygens (including phenoxy) is 1. The van der Waals surface area contributed by atoms with Crippen molar-refractivity contribution in [3.63, 3.8) is 0 Å². The van der Waals surface area contributed by atoms with Crippen LogP contribution in [0.15, 0.2) is 18.2 Å². The molecule has 0 saturated carbocycles. The van der Waals surface area contributed by atoms with Gasteiger partial charge in [-0.2, -0.15) is 0 Å². The molecule has 0 N–H and O–H groups in total. The summed E-state index contributed by atoms with van der Waals surface area (Å²) >= 11 is 0. The second kappa shape index (κ2) is 4.00. The summed E-state index contributed by atoms with van der Waals surface area (Å²) in [5.74, 6) is 0.781. The fraction of sp³-hybridized carbons (Fsp3) is 0.308. The second-order valence-corrected chi connectivity index (χ2v) is 3.77. The standard InChI is InChI=1S/C13H15NO2/c1-4-12-11(8-15)10-7-9(16-3)5-6-13(10)14(12)2/h5-8H,4H2,1-3H3. The van der Waals surface area contributed by atoms with Gasteiger partial charge in [-0.25, -0.2) is 0 Å². The van der Waals surface area contributed by atoms with E-state index in [1.807, 2.05) is 25.2 Å². The van der Waals surface area contributed by atoms with E-state index in [9.17, 15) is 4.79 Å². The largest absolute Gasteiger partial charge is 0.497 e. The van der Waals surface area contributed by atoms with Gasteiger partial charge in [0, 0.05) is 29.2 Å². The first-order chi connectivity index (χ1) is 7.72. The Labute approximate surface area is 94.6 Å². The Morgan fingerprint density at radius 3 is 2.75 bits per heavy atom. The predicted molar refractivity (Wildman–Crippen MR) is 64.2 cm³/mol. The Hall–Kier alpha value is -1.77. The highest BCUT2D eigenvalue weighted by molar-refractivity contribution is 6.00. The van der Waals surface area contributed by atoms with Crippen molar-refractivity contribution in [1.29, 1.82) is 0 Å². The van der Waals surface area contributed by atoms with E-state index in [0.29, 0.717) is 0 Å². The van der Waals surface area contributed by atoms with Crippen LogP contribution in [-0.4, -0.2) is 18.0 Å². The maximum Gasteiger partial charge on any atom is 0.152 e. The number of fused-ring (bicyclic) bond motifs is 1. The molecule has 84 valence electrons. The van der Waals surface area contributed by atoms with Crippen LogP contribution in [0.2, 0.25) is 0 Å². The van der Waals surface area contributed by atoms with Crippen molar-refractivity contribution in [2.75, 3.05) is 7.11 Å². The Morgan fingerprint density at radius 2 is 2.19 bits per heavy atom. The number of nitrogens with zero attached hydrogens (tertiary/aromatic N) is 1. The molecule has 0 aliphatic heterocycles. The molecule has 1 aromatic heterocycles. The number of rotatable bonds is 3. The number of aryl methyl sites for hydroxylation is 1. The van der Waals surface area contributed by atoms with Crippen molar-refractivity contribution in [2.24, 2.45) is 7.05 Å². The Balaban J connectivity index is 2.83. The molecule has 0 spiro atoms. The van der Waals surface area contributed by atoms with Crippen molar-refractivity contribution in [1.82, 2.24) is 4.57 Å². The molecule has 0 aliphatic rings. The molecular weight excluding hydrogens is 202 g/mol. The van der Waals surface area contributed by atoms with Gasteiger partial charge in [-0.3, -0.25) is 4.79 Å². The van der Waals surface area contributed by atoms with E-state index >= 15 is 0 Å². The quantitative estimate of drug-likeness (QED) is 0.740. The van der Waals surface area contributed by atoms with Gasteiger partial charge in [0.2, 0.25) is 0 Å². The molecule has 0 amide bonds. The summed E-state index contributed by atoms with van der Waals surface area (Å²) in [4.78, 5) is 11.2. The van der Waals surface area contributed by atoms with Crippen molar-refractivity contribution in [3.8, 4) is 5.75 Å².